The SMILES string of the molecule is CC(C)(C)Oc1ccc(N(Nc2ccccc2)c2ccc(OC(C)(C)C)cc2)cc1.Cc1ccc(S(=O)(=O)O)cc1. The number of hydrazine groups is 1. The van der Waals surface area contributed by atoms with Crippen LogP contribution >= 0.6 is 0 Å². The van der Waals surface area contributed by atoms with Gasteiger partial charge in [-0.05, 0) is 121 Å². The second-order valence-electron chi connectivity index (χ2n) is 11.5. The van der Waals surface area contributed by atoms with Crippen molar-refractivity contribution in [3.8, 4) is 11.5 Å². The van der Waals surface area contributed by atoms with Gasteiger partial charge in [-0.2, -0.15) is 8.42 Å². The lowest BCUT2D eigenvalue weighted by Crippen LogP contribution is -2.25. The summed E-state index contributed by atoms with van der Waals surface area (Å²) in [5, 5.41) is 2.05. The summed E-state index contributed by atoms with van der Waals surface area (Å²) in [6.07, 6.45) is 0. The smallest absolute Gasteiger partial charge is 0.294 e. The second-order valence-corrected chi connectivity index (χ2v) is 12.9. The van der Waals surface area contributed by atoms with E-state index in [1.165, 1.54) is 12.1 Å². The number of anilines is 3. The largest absolute Gasteiger partial charge is 0.488 e. The summed E-state index contributed by atoms with van der Waals surface area (Å²) in [7, 11) is -4.02. The van der Waals surface area contributed by atoms with E-state index < -0.39 is 10.1 Å². The Bertz CT molecular complexity index is 1410. The van der Waals surface area contributed by atoms with Crippen molar-refractivity contribution in [3.63, 3.8) is 0 Å². The zero-order chi connectivity index (χ0) is 30.3. The number of nitrogens with one attached hydrogen (secondary N) is 1. The molecule has 41 heavy (non-hydrogen) atoms. The van der Waals surface area contributed by atoms with Crippen LogP contribution in [0.1, 0.15) is 47.1 Å². The standard InChI is InChI=1S/C26H32N2O2.C7H8O3S/c1-25(2,3)29-23-16-12-21(13-17-23)28(27-20-10-8-7-9-11-20)22-14-18-24(19-15-22)30-26(4,5)6;1-6-2-4-7(5-3-6)11(8,9)10/h7-19,27H,1-6H3;2-5H,1H3,(H,8,9,10). The van der Waals surface area contributed by atoms with Gasteiger partial charge in [-0.1, -0.05) is 35.9 Å². The molecule has 4 aromatic rings. The third-order valence-corrected chi connectivity index (χ3v) is 6.24. The quantitative estimate of drug-likeness (QED) is 0.169. The van der Waals surface area contributed by atoms with Crippen molar-refractivity contribution >= 4 is 27.2 Å². The highest BCUT2D eigenvalue weighted by Gasteiger charge is 2.15. The number of hydrogen-bond donors (Lipinski definition) is 2. The molecule has 0 amide bonds. The third kappa shape index (κ3) is 10.8. The Morgan fingerprint density at radius 2 is 1.05 bits per heavy atom. The number of ether oxygens (including phenoxy) is 2. The van der Waals surface area contributed by atoms with Gasteiger partial charge in [0.05, 0.1) is 22.0 Å². The first-order valence-electron chi connectivity index (χ1n) is 13.3. The van der Waals surface area contributed by atoms with E-state index in [1.807, 2.05) is 103 Å². The van der Waals surface area contributed by atoms with E-state index in [-0.39, 0.29) is 16.1 Å². The maximum Gasteiger partial charge on any atom is 0.294 e. The summed E-state index contributed by atoms with van der Waals surface area (Å²) in [4.78, 5) is -0.0666. The maximum atomic E-state index is 10.5. The summed E-state index contributed by atoms with van der Waals surface area (Å²) in [5.74, 6) is 1.69. The number of benzene rings is 4. The summed E-state index contributed by atoms with van der Waals surface area (Å²) in [5.41, 5.74) is 7.01. The van der Waals surface area contributed by atoms with Crippen LogP contribution in [0.4, 0.5) is 17.1 Å². The predicted molar refractivity (Wildman–Crippen MR) is 167 cm³/mol. The van der Waals surface area contributed by atoms with Crippen molar-refractivity contribution in [2.24, 2.45) is 0 Å². The van der Waals surface area contributed by atoms with Crippen LogP contribution in [0.3, 0.4) is 0 Å². The molecule has 0 heterocycles. The summed E-state index contributed by atoms with van der Waals surface area (Å²) >= 11 is 0. The Balaban J connectivity index is 0.000000352. The molecule has 218 valence electrons. The van der Waals surface area contributed by atoms with E-state index in [9.17, 15) is 8.42 Å². The molecule has 0 spiro atoms. The monoisotopic (exact) mass is 576 g/mol. The number of nitrogens with zero attached hydrogens (tertiary/aromatic N) is 1. The van der Waals surface area contributed by atoms with Crippen LogP contribution < -0.4 is 19.9 Å². The minimum absolute atomic E-state index is 0.0666. The van der Waals surface area contributed by atoms with Gasteiger partial charge < -0.3 is 9.47 Å². The lowest BCUT2D eigenvalue weighted by atomic mass is 10.2. The molecule has 7 nitrogen and oxygen atoms in total. The molecule has 0 atom stereocenters. The molecule has 0 aliphatic rings. The molecule has 0 unspecified atom stereocenters. The molecular formula is C33H40N2O5S. The van der Waals surface area contributed by atoms with E-state index in [1.54, 1.807) is 12.1 Å². The topological polar surface area (TPSA) is 88.1 Å². The van der Waals surface area contributed by atoms with Crippen molar-refractivity contribution in [2.45, 2.75) is 64.6 Å². The van der Waals surface area contributed by atoms with Gasteiger partial charge in [0.15, 0.2) is 0 Å². The highest BCUT2D eigenvalue weighted by molar-refractivity contribution is 7.85. The van der Waals surface area contributed by atoms with E-state index in [0.717, 1.165) is 34.1 Å². The lowest BCUT2D eigenvalue weighted by Gasteiger charge is -2.28. The van der Waals surface area contributed by atoms with Crippen LogP contribution in [0.15, 0.2) is 108 Å². The number of para-hydroxylation sites is 1. The van der Waals surface area contributed by atoms with Gasteiger partial charge in [0.2, 0.25) is 0 Å². The Kier molecular flexibility index (Phi) is 10.1. The first-order valence-corrected chi connectivity index (χ1v) is 14.8. The minimum atomic E-state index is -4.02. The van der Waals surface area contributed by atoms with Crippen molar-refractivity contribution < 1.29 is 22.4 Å². The summed E-state index contributed by atoms with van der Waals surface area (Å²) in [6, 6.07) is 32.3. The van der Waals surface area contributed by atoms with Crippen LogP contribution in [-0.4, -0.2) is 24.2 Å². The van der Waals surface area contributed by atoms with Crippen LogP contribution in [0.2, 0.25) is 0 Å². The van der Waals surface area contributed by atoms with Crippen LogP contribution in [0, 0.1) is 6.92 Å². The van der Waals surface area contributed by atoms with Crippen LogP contribution in [-0.2, 0) is 10.1 Å². The lowest BCUT2D eigenvalue weighted by molar-refractivity contribution is 0.130. The highest BCUT2D eigenvalue weighted by Crippen LogP contribution is 2.31. The molecule has 2 N–H and O–H groups in total. The fourth-order valence-electron chi connectivity index (χ4n) is 3.66. The van der Waals surface area contributed by atoms with Gasteiger partial charge in [-0.15, -0.1) is 0 Å². The fraction of sp³-hybridized carbons (Fsp3) is 0.273. The van der Waals surface area contributed by atoms with Crippen LogP contribution in [0.5, 0.6) is 11.5 Å². The first kappa shape index (κ1) is 31.5. The zero-order valence-electron chi connectivity index (χ0n) is 24.8. The molecule has 0 radical (unpaired) electrons. The van der Waals surface area contributed by atoms with Gasteiger partial charge in [0, 0.05) is 0 Å². The normalized spacial score (nSPS) is 11.6. The second kappa shape index (κ2) is 13.1. The predicted octanol–water partition coefficient (Wildman–Crippen LogP) is 8.45. The van der Waals surface area contributed by atoms with Gasteiger partial charge in [0.25, 0.3) is 10.1 Å². The molecule has 4 rings (SSSR count). The van der Waals surface area contributed by atoms with Gasteiger partial charge in [-0.3, -0.25) is 15.0 Å². The molecule has 0 fully saturated rings. The van der Waals surface area contributed by atoms with Crippen LogP contribution in [0.25, 0.3) is 0 Å². The zero-order valence-corrected chi connectivity index (χ0v) is 25.6. The Morgan fingerprint density at radius 1 is 0.634 bits per heavy atom. The molecule has 0 saturated carbocycles. The van der Waals surface area contributed by atoms with Crippen molar-refractivity contribution in [1.29, 1.82) is 0 Å². The number of aryl methyl sites for hydroxylation is 1. The Hall–Kier alpha value is -4.01. The average Bonchev–Trinajstić information content (AvgIpc) is 2.87. The number of hydrogen-bond acceptors (Lipinski definition) is 6. The molecule has 0 bridgehead atoms. The molecular weight excluding hydrogens is 536 g/mol. The molecule has 0 aromatic heterocycles. The first-order chi connectivity index (χ1) is 19.1. The summed E-state index contributed by atoms with van der Waals surface area (Å²) in [6.45, 7) is 14.1. The van der Waals surface area contributed by atoms with E-state index in [0.29, 0.717) is 0 Å². The van der Waals surface area contributed by atoms with E-state index >= 15 is 0 Å². The molecule has 0 saturated heterocycles. The van der Waals surface area contributed by atoms with Gasteiger partial charge in [-0.25, -0.2) is 0 Å². The van der Waals surface area contributed by atoms with Gasteiger partial charge >= 0.3 is 0 Å². The molecule has 8 heteroatoms. The Labute approximate surface area is 244 Å². The molecule has 4 aromatic carbocycles. The number of rotatable bonds is 7. The maximum absolute atomic E-state index is 10.5. The van der Waals surface area contributed by atoms with E-state index in [4.69, 9.17) is 14.0 Å². The van der Waals surface area contributed by atoms with Crippen molar-refractivity contribution in [2.75, 3.05) is 10.4 Å². The van der Waals surface area contributed by atoms with Crippen molar-refractivity contribution in [1.82, 2.24) is 0 Å². The minimum Gasteiger partial charge on any atom is -0.488 e. The molecule has 0 aliphatic heterocycles. The fourth-order valence-corrected chi connectivity index (χ4v) is 4.14. The molecule has 0 aliphatic carbocycles. The van der Waals surface area contributed by atoms with Crippen molar-refractivity contribution in [3.05, 3.63) is 109 Å². The summed E-state index contributed by atoms with van der Waals surface area (Å²) < 4.78 is 41.5. The van der Waals surface area contributed by atoms with E-state index in [2.05, 4.69) is 34.7 Å². The average molecular weight is 577 g/mol. The Morgan fingerprint density at radius 3 is 1.41 bits per heavy atom. The highest BCUT2D eigenvalue weighted by atomic mass is 32.2. The third-order valence-electron chi connectivity index (χ3n) is 5.37. The van der Waals surface area contributed by atoms with Gasteiger partial charge in [0.1, 0.15) is 22.7 Å².